The summed E-state index contributed by atoms with van der Waals surface area (Å²) in [4.78, 5) is 28.4. The molecule has 0 radical (unpaired) electrons. The lowest BCUT2D eigenvalue weighted by Gasteiger charge is -2.29. The fourth-order valence-electron chi connectivity index (χ4n) is 4.95. The highest BCUT2D eigenvalue weighted by Crippen LogP contribution is 2.49. The standard InChI is InChI=1S/C25H27FN2O4S/c1-14-6-7-16(11-20(14)26)23(15-8-9-15)27-24(29)22-13-18-12-21(18)28(22)25(30)17-4-3-5-19(10-17)33(2,31)32/h3-7,10-11,15,18,21-23H,8-9,12-13H2,1-2H3,(H,27,29)/t18-,21-,22-,23-/m1/s1. The summed E-state index contributed by atoms with van der Waals surface area (Å²) in [6.45, 7) is 1.71. The predicted octanol–water partition coefficient (Wildman–Crippen LogP) is 3.41. The van der Waals surface area contributed by atoms with Crippen LogP contribution in [0.25, 0.3) is 0 Å². The third kappa shape index (κ3) is 4.28. The number of sulfone groups is 1. The van der Waals surface area contributed by atoms with Crippen LogP contribution in [0.3, 0.4) is 0 Å². The summed E-state index contributed by atoms with van der Waals surface area (Å²) >= 11 is 0. The van der Waals surface area contributed by atoms with Gasteiger partial charge in [0.05, 0.1) is 10.9 Å². The number of halogens is 1. The molecule has 3 aliphatic rings. The van der Waals surface area contributed by atoms with E-state index in [4.69, 9.17) is 0 Å². The van der Waals surface area contributed by atoms with E-state index in [2.05, 4.69) is 5.32 Å². The SMILES string of the molecule is Cc1ccc([C@H](NC(=O)[C@H]2C[C@H]3C[C@H]3N2C(=O)c2cccc(S(C)(=O)=O)c2)C2CC2)cc1F. The lowest BCUT2D eigenvalue weighted by molar-refractivity contribution is -0.126. The highest BCUT2D eigenvalue weighted by molar-refractivity contribution is 7.90. The van der Waals surface area contributed by atoms with E-state index in [-0.39, 0.29) is 46.1 Å². The maximum Gasteiger partial charge on any atom is 0.254 e. The molecule has 0 bridgehead atoms. The van der Waals surface area contributed by atoms with Gasteiger partial charge in [-0.05, 0) is 79.8 Å². The van der Waals surface area contributed by atoms with Crippen molar-refractivity contribution in [1.82, 2.24) is 10.2 Å². The Morgan fingerprint density at radius 3 is 2.55 bits per heavy atom. The first-order chi connectivity index (χ1) is 15.6. The smallest absolute Gasteiger partial charge is 0.254 e. The second-order valence-electron chi connectivity index (χ2n) is 9.66. The van der Waals surface area contributed by atoms with Crippen molar-refractivity contribution in [3.05, 3.63) is 65.0 Å². The van der Waals surface area contributed by atoms with E-state index in [0.717, 1.165) is 31.1 Å². The normalized spacial score (nSPS) is 24.8. The molecule has 1 N–H and O–H groups in total. The van der Waals surface area contributed by atoms with Gasteiger partial charge in [0.15, 0.2) is 9.84 Å². The summed E-state index contributed by atoms with van der Waals surface area (Å²) < 4.78 is 38.0. The largest absolute Gasteiger partial charge is 0.347 e. The molecule has 2 saturated carbocycles. The summed E-state index contributed by atoms with van der Waals surface area (Å²) in [6, 6.07) is 10.2. The van der Waals surface area contributed by atoms with Crippen LogP contribution in [0.2, 0.25) is 0 Å². The number of rotatable bonds is 6. The first-order valence-electron chi connectivity index (χ1n) is 11.3. The summed E-state index contributed by atoms with van der Waals surface area (Å²) in [5.74, 6) is -0.290. The van der Waals surface area contributed by atoms with Crippen molar-refractivity contribution in [2.45, 2.75) is 55.6 Å². The summed E-state index contributed by atoms with van der Waals surface area (Å²) in [5.41, 5.74) is 1.57. The van der Waals surface area contributed by atoms with Crippen molar-refractivity contribution in [3.63, 3.8) is 0 Å². The molecule has 1 heterocycles. The number of carbonyl (C=O) groups is 2. The van der Waals surface area contributed by atoms with E-state index >= 15 is 0 Å². The molecule has 2 amide bonds. The molecule has 0 aromatic heterocycles. The van der Waals surface area contributed by atoms with Crippen LogP contribution in [0.5, 0.6) is 0 Å². The number of likely N-dealkylation sites (tertiary alicyclic amines) is 1. The topological polar surface area (TPSA) is 83.6 Å². The maximum absolute atomic E-state index is 14.2. The van der Waals surface area contributed by atoms with Gasteiger partial charge in [-0.2, -0.15) is 0 Å². The van der Waals surface area contributed by atoms with Crippen molar-refractivity contribution in [1.29, 1.82) is 0 Å². The Balaban J connectivity index is 1.38. The zero-order valence-corrected chi connectivity index (χ0v) is 19.4. The lowest BCUT2D eigenvalue weighted by atomic mass is 9.99. The predicted molar refractivity (Wildman–Crippen MR) is 121 cm³/mol. The van der Waals surface area contributed by atoms with Crippen molar-refractivity contribution < 1.29 is 22.4 Å². The number of benzene rings is 2. The van der Waals surface area contributed by atoms with Crippen molar-refractivity contribution >= 4 is 21.7 Å². The number of amides is 2. The molecule has 6 nitrogen and oxygen atoms in total. The first kappa shape index (κ1) is 22.1. The van der Waals surface area contributed by atoms with Gasteiger partial charge in [0.1, 0.15) is 11.9 Å². The minimum atomic E-state index is -3.45. The van der Waals surface area contributed by atoms with Crippen LogP contribution in [-0.4, -0.2) is 43.5 Å². The third-order valence-corrected chi connectivity index (χ3v) is 8.21. The molecule has 1 saturated heterocycles. The van der Waals surface area contributed by atoms with Gasteiger partial charge in [-0.1, -0.05) is 18.2 Å². The fraction of sp³-hybridized carbons (Fsp3) is 0.440. The second-order valence-corrected chi connectivity index (χ2v) is 11.7. The van der Waals surface area contributed by atoms with Crippen molar-refractivity contribution in [2.24, 2.45) is 11.8 Å². The fourth-order valence-corrected chi connectivity index (χ4v) is 5.61. The van der Waals surface area contributed by atoms with E-state index in [0.29, 0.717) is 17.9 Å². The van der Waals surface area contributed by atoms with Crippen LogP contribution in [0, 0.1) is 24.6 Å². The number of fused-ring (bicyclic) bond motifs is 1. The molecule has 174 valence electrons. The number of piperidine rings is 1. The Bertz CT molecular complexity index is 1240. The van der Waals surface area contributed by atoms with Crippen LogP contribution < -0.4 is 5.32 Å². The molecular weight excluding hydrogens is 443 g/mol. The van der Waals surface area contributed by atoms with Gasteiger partial charge in [-0.25, -0.2) is 12.8 Å². The molecule has 0 spiro atoms. The molecule has 2 aromatic carbocycles. The minimum absolute atomic E-state index is 0.00586. The number of nitrogens with zero attached hydrogens (tertiary/aromatic N) is 1. The Morgan fingerprint density at radius 2 is 1.88 bits per heavy atom. The zero-order chi connectivity index (χ0) is 23.5. The number of carbonyl (C=O) groups excluding carboxylic acids is 2. The molecule has 2 aromatic rings. The molecule has 4 atom stereocenters. The molecule has 0 unspecified atom stereocenters. The summed E-state index contributed by atoms with van der Waals surface area (Å²) in [7, 11) is -3.45. The van der Waals surface area contributed by atoms with Crippen LogP contribution >= 0.6 is 0 Å². The van der Waals surface area contributed by atoms with E-state index in [1.54, 1.807) is 30.0 Å². The van der Waals surface area contributed by atoms with E-state index < -0.39 is 15.9 Å². The third-order valence-electron chi connectivity index (χ3n) is 7.10. The van der Waals surface area contributed by atoms with Crippen LogP contribution in [-0.2, 0) is 14.6 Å². The maximum atomic E-state index is 14.2. The lowest BCUT2D eigenvalue weighted by Crippen LogP contribution is -2.49. The van der Waals surface area contributed by atoms with Crippen molar-refractivity contribution in [3.8, 4) is 0 Å². The van der Waals surface area contributed by atoms with Crippen LogP contribution in [0.4, 0.5) is 4.39 Å². The molecular formula is C25H27FN2O4S. The van der Waals surface area contributed by atoms with E-state index in [9.17, 15) is 22.4 Å². The zero-order valence-electron chi connectivity index (χ0n) is 18.6. The molecule has 1 aliphatic heterocycles. The highest BCUT2D eigenvalue weighted by Gasteiger charge is 2.56. The Morgan fingerprint density at radius 1 is 1.12 bits per heavy atom. The number of hydrogen-bond acceptors (Lipinski definition) is 4. The average Bonchev–Trinajstić information content (AvgIpc) is 3.71. The molecule has 8 heteroatoms. The van der Waals surface area contributed by atoms with E-state index in [1.165, 1.54) is 18.2 Å². The molecule has 3 fully saturated rings. The molecule has 33 heavy (non-hydrogen) atoms. The summed E-state index contributed by atoms with van der Waals surface area (Å²) in [5, 5.41) is 3.10. The van der Waals surface area contributed by atoms with Gasteiger partial charge < -0.3 is 10.2 Å². The van der Waals surface area contributed by atoms with Gasteiger partial charge >= 0.3 is 0 Å². The Kier molecular flexibility index (Phi) is 5.31. The Hall–Kier alpha value is -2.74. The minimum Gasteiger partial charge on any atom is -0.347 e. The average molecular weight is 471 g/mol. The van der Waals surface area contributed by atoms with Crippen LogP contribution in [0.15, 0.2) is 47.4 Å². The van der Waals surface area contributed by atoms with Gasteiger partial charge in [0.25, 0.3) is 5.91 Å². The van der Waals surface area contributed by atoms with E-state index in [1.807, 2.05) is 6.07 Å². The van der Waals surface area contributed by atoms with Crippen LogP contribution in [0.1, 0.15) is 53.2 Å². The summed E-state index contributed by atoms with van der Waals surface area (Å²) in [6.07, 6.45) is 4.49. The number of hydrogen-bond donors (Lipinski definition) is 1. The van der Waals surface area contributed by atoms with Gasteiger partial charge in [0.2, 0.25) is 5.91 Å². The molecule has 2 aliphatic carbocycles. The van der Waals surface area contributed by atoms with Gasteiger partial charge in [-0.3, -0.25) is 9.59 Å². The second kappa shape index (κ2) is 7.94. The number of aryl methyl sites for hydroxylation is 1. The quantitative estimate of drug-likeness (QED) is 0.701. The Labute approximate surface area is 193 Å². The van der Waals surface area contributed by atoms with Gasteiger partial charge in [-0.15, -0.1) is 0 Å². The highest BCUT2D eigenvalue weighted by atomic mass is 32.2. The van der Waals surface area contributed by atoms with Crippen molar-refractivity contribution in [2.75, 3.05) is 6.26 Å². The van der Waals surface area contributed by atoms with Gasteiger partial charge in [0, 0.05) is 17.9 Å². The monoisotopic (exact) mass is 470 g/mol. The number of nitrogens with one attached hydrogen (secondary N) is 1. The molecule has 5 rings (SSSR count). The first-order valence-corrected chi connectivity index (χ1v) is 13.2.